The SMILES string of the molecule is CNC(c1ccccc1)c1cscn1. The molecule has 0 bridgehead atoms. The van der Waals surface area contributed by atoms with Crippen molar-refractivity contribution in [2.24, 2.45) is 0 Å². The lowest BCUT2D eigenvalue weighted by Gasteiger charge is -2.13. The molecule has 3 heteroatoms. The largest absolute Gasteiger partial charge is 0.308 e. The first-order valence-electron chi connectivity index (χ1n) is 4.52. The van der Waals surface area contributed by atoms with Crippen LogP contribution in [0.4, 0.5) is 0 Å². The zero-order chi connectivity index (χ0) is 9.80. The number of nitrogens with one attached hydrogen (secondary N) is 1. The van der Waals surface area contributed by atoms with E-state index in [1.165, 1.54) is 5.56 Å². The standard InChI is InChI=1S/C11H12N2S/c1-12-11(10-7-14-8-13-10)9-5-3-2-4-6-9/h2-8,11-12H,1H3. The van der Waals surface area contributed by atoms with Gasteiger partial charge in [0.05, 0.1) is 17.2 Å². The molecule has 2 rings (SSSR count). The van der Waals surface area contributed by atoms with Crippen LogP contribution in [0.5, 0.6) is 0 Å². The van der Waals surface area contributed by atoms with E-state index < -0.39 is 0 Å². The molecular weight excluding hydrogens is 192 g/mol. The van der Waals surface area contributed by atoms with Gasteiger partial charge in [-0.05, 0) is 12.6 Å². The molecule has 0 aliphatic rings. The number of hydrogen-bond donors (Lipinski definition) is 1. The molecule has 72 valence electrons. The Morgan fingerprint density at radius 2 is 2.07 bits per heavy atom. The van der Waals surface area contributed by atoms with Crippen molar-refractivity contribution in [3.63, 3.8) is 0 Å². The van der Waals surface area contributed by atoms with Gasteiger partial charge in [0, 0.05) is 5.38 Å². The number of hydrogen-bond acceptors (Lipinski definition) is 3. The topological polar surface area (TPSA) is 24.9 Å². The molecule has 0 spiro atoms. The third-order valence-electron chi connectivity index (χ3n) is 2.17. The average Bonchev–Trinajstić information content (AvgIpc) is 2.74. The molecule has 2 nitrogen and oxygen atoms in total. The van der Waals surface area contributed by atoms with E-state index in [2.05, 4.69) is 27.8 Å². The van der Waals surface area contributed by atoms with Crippen molar-refractivity contribution in [1.82, 2.24) is 10.3 Å². The summed E-state index contributed by atoms with van der Waals surface area (Å²) in [6.45, 7) is 0. The highest BCUT2D eigenvalue weighted by Gasteiger charge is 2.12. The highest BCUT2D eigenvalue weighted by Crippen LogP contribution is 2.20. The van der Waals surface area contributed by atoms with E-state index in [1.54, 1.807) is 11.3 Å². The van der Waals surface area contributed by atoms with Crippen LogP contribution in [-0.2, 0) is 0 Å². The Bertz CT molecular complexity index is 369. The number of benzene rings is 1. The predicted molar refractivity (Wildman–Crippen MR) is 59.5 cm³/mol. The van der Waals surface area contributed by atoms with Gasteiger partial charge in [-0.15, -0.1) is 11.3 Å². The fourth-order valence-electron chi connectivity index (χ4n) is 1.50. The van der Waals surface area contributed by atoms with E-state index in [9.17, 15) is 0 Å². The fraction of sp³-hybridized carbons (Fsp3) is 0.182. The van der Waals surface area contributed by atoms with E-state index in [0.29, 0.717) is 0 Å². The highest BCUT2D eigenvalue weighted by molar-refractivity contribution is 7.07. The van der Waals surface area contributed by atoms with Crippen molar-refractivity contribution >= 4 is 11.3 Å². The molecule has 1 aromatic heterocycles. The van der Waals surface area contributed by atoms with E-state index in [0.717, 1.165) is 5.69 Å². The van der Waals surface area contributed by atoms with Crippen molar-refractivity contribution in [2.45, 2.75) is 6.04 Å². The van der Waals surface area contributed by atoms with Gasteiger partial charge in [0.1, 0.15) is 0 Å². The Kier molecular flexibility index (Phi) is 2.91. The molecule has 0 radical (unpaired) electrons. The van der Waals surface area contributed by atoms with Gasteiger partial charge in [-0.2, -0.15) is 0 Å². The fourth-order valence-corrected chi connectivity index (χ4v) is 2.08. The van der Waals surface area contributed by atoms with Gasteiger partial charge in [0.2, 0.25) is 0 Å². The summed E-state index contributed by atoms with van der Waals surface area (Å²) in [6.07, 6.45) is 0. The second kappa shape index (κ2) is 4.35. The maximum atomic E-state index is 4.32. The summed E-state index contributed by atoms with van der Waals surface area (Å²) in [5.41, 5.74) is 4.20. The van der Waals surface area contributed by atoms with Crippen molar-refractivity contribution in [2.75, 3.05) is 7.05 Å². The van der Waals surface area contributed by atoms with Gasteiger partial charge in [0.25, 0.3) is 0 Å². The summed E-state index contributed by atoms with van der Waals surface area (Å²) in [5, 5.41) is 5.34. The van der Waals surface area contributed by atoms with Crippen molar-refractivity contribution < 1.29 is 0 Å². The van der Waals surface area contributed by atoms with Gasteiger partial charge < -0.3 is 5.32 Å². The number of aromatic nitrogens is 1. The molecule has 2 aromatic rings. The van der Waals surface area contributed by atoms with Crippen LogP contribution in [0.1, 0.15) is 17.3 Å². The molecular formula is C11H12N2S. The molecule has 1 N–H and O–H groups in total. The second-order valence-corrected chi connectivity index (χ2v) is 3.76. The van der Waals surface area contributed by atoms with Crippen LogP contribution < -0.4 is 5.32 Å². The summed E-state index contributed by atoms with van der Waals surface area (Å²) in [6, 6.07) is 10.6. The van der Waals surface area contributed by atoms with Crippen LogP contribution in [0.3, 0.4) is 0 Å². The first-order valence-corrected chi connectivity index (χ1v) is 5.46. The Morgan fingerprint density at radius 3 is 2.64 bits per heavy atom. The minimum absolute atomic E-state index is 0.211. The molecule has 0 aliphatic carbocycles. The summed E-state index contributed by atoms with van der Waals surface area (Å²) in [5.74, 6) is 0. The first-order chi connectivity index (χ1) is 6.92. The molecule has 0 saturated carbocycles. The zero-order valence-electron chi connectivity index (χ0n) is 7.97. The Balaban J connectivity index is 2.31. The van der Waals surface area contributed by atoms with E-state index >= 15 is 0 Å². The van der Waals surface area contributed by atoms with Crippen molar-refractivity contribution in [1.29, 1.82) is 0 Å². The highest BCUT2D eigenvalue weighted by atomic mass is 32.1. The molecule has 1 unspecified atom stereocenters. The normalized spacial score (nSPS) is 12.6. The molecule has 0 fully saturated rings. The maximum absolute atomic E-state index is 4.32. The summed E-state index contributed by atoms with van der Waals surface area (Å²) >= 11 is 1.63. The van der Waals surface area contributed by atoms with Gasteiger partial charge in [-0.3, -0.25) is 0 Å². The number of rotatable bonds is 3. The number of nitrogens with zero attached hydrogens (tertiary/aromatic N) is 1. The van der Waals surface area contributed by atoms with Crippen LogP contribution in [0.25, 0.3) is 0 Å². The number of thiazole rings is 1. The lowest BCUT2D eigenvalue weighted by Crippen LogP contribution is -2.17. The molecule has 14 heavy (non-hydrogen) atoms. The Labute approximate surface area is 87.6 Å². The zero-order valence-corrected chi connectivity index (χ0v) is 8.79. The quantitative estimate of drug-likeness (QED) is 0.830. The average molecular weight is 204 g/mol. The third-order valence-corrected chi connectivity index (χ3v) is 2.77. The molecule has 0 aliphatic heterocycles. The Morgan fingerprint density at radius 1 is 1.29 bits per heavy atom. The lowest BCUT2D eigenvalue weighted by atomic mass is 10.1. The van der Waals surface area contributed by atoms with Crippen LogP contribution in [0.15, 0.2) is 41.2 Å². The van der Waals surface area contributed by atoms with Gasteiger partial charge >= 0.3 is 0 Å². The van der Waals surface area contributed by atoms with Gasteiger partial charge in [-0.25, -0.2) is 4.98 Å². The van der Waals surface area contributed by atoms with Crippen LogP contribution >= 0.6 is 11.3 Å². The smallest absolute Gasteiger partial charge is 0.0795 e. The lowest BCUT2D eigenvalue weighted by molar-refractivity contribution is 0.675. The molecule has 0 saturated heterocycles. The predicted octanol–water partition coefficient (Wildman–Crippen LogP) is 2.45. The van der Waals surface area contributed by atoms with E-state index in [1.807, 2.05) is 30.8 Å². The van der Waals surface area contributed by atoms with Crippen LogP contribution in [0, 0.1) is 0 Å². The van der Waals surface area contributed by atoms with Crippen LogP contribution in [-0.4, -0.2) is 12.0 Å². The van der Waals surface area contributed by atoms with Crippen molar-refractivity contribution in [3.05, 3.63) is 52.5 Å². The second-order valence-electron chi connectivity index (χ2n) is 3.05. The maximum Gasteiger partial charge on any atom is 0.0795 e. The molecule has 1 heterocycles. The van der Waals surface area contributed by atoms with Crippen LogP contribution in [0.2, 0.25) is 0 Å². The van der Waals surface area contributed by atoms with Gasteiger partial charge in [0.15, 0.2) is 0 Å². The minimum atomic E-state index is 0.211. The monoisotopic (exact) mass is 204 g/mol. The Hall–Kier alpha value is -1.19. The summed E-state index contributed by atoms with van der Waals surface area (Å²) in [7, 11) is 1.96. The van der Waals surface area contributed by atoms with Gasteiger partial charge in [-0.1, -0.05) is 30.3 Å². The van der Waals surface area contributed by atoms with Crippen molar-refractivity contribution in [3.8, 4) is 0 Å². The van der Waals surface area contributed by atoms with E-state index in [4.69, 9.17) is 0 Å². The summed E-state index contributed by atoms with van der Waals surface area (Å²) in [4.78, 5) is 4.32. The molecule has 0 amide bonds. The third kappa shape index (κ3) is 1.84. The first kappa shape index (κ1) is 9.37. The minimum Gasteiger partial charge on any atom is -0.308 e. The summed E-state index contributed by atoms with van der Waals surface area (Å²) < 4.78 is 0. The molecule has 1 aromatic carbocycles. The molecule has 1 atom stereocenters. The van der Waals surface area contributed by atoms with E-state index in [-0.39, 0.29) is 6.04 Å².